The van der Waals surface area contributed by atoms with E-state index >= 15 is 0 Å². The van der Waals surface area contributed by atoms with Crippen molar-refractivity contribution in [3.05, 3.63) is 29.8 Å². The third-order valence-electron chi connectivity index (χ3n) is 3.99. The van der Waals surface area contributed by atoms with E-state index < -0.39 is 30.0 Å². The van der Waals surface area contributed by atoms with Crippen molar-refractivity contribution in [1.82, 2.24) is 10.6 Å². The summed E-state index contributed by atoms with van der Waals surface area (Å²) < 4.78 is 14.7. The Morgan fingerprint density at radius 3 is 2.28 bits per heavy atom. The van der Waals surface area contributed by atoms with Gasteiger partial charge in [0.25, 0.3) is 0 Å². The summed E-state index contributed by atoms with van der Waals surface area (Å²) >= 11 is 0. The van der Waals surface area contributed by atoms with E-state index in [4.69, 9.17) is 20.9 Å². The molecule has 0 aliphatic carbocycles. The van der Waals surface area contributed by atoms with Gasteiger partial charge < -0.3 is 41.6 Å². The van der Waals surface area contributed by atoms with E-state index in [0.29, 0.717) is 24.4 Å². The zero-order valence-corrected chi connectivity index (χ0v) is 18.2. The van der Waals surface area contributed by atoms with Crippen molar-refractivity contribution in [1.29, 1.82) is 0 Å². The third-order valence-corrected chi connectivity index (χ3v) is 3.99. The molecule has 1 unspecified atom stereocenters. The number of carbonyl (C=O) groups is 4. The molecule has 7 N–H and O–H groups in total. The van der Waals surface area contributed by atoms with E-state index in [1.54, 1.807) is 38.1 Å². The van der Waals surface area contributed by atoms with E-state index in [0.717, 1.165) is 0 Å². The van der Waals surface area contributed by atoms with Gasteiger partial charge in [0.15, 0.2) is 0 Å². The molecule has 0 spiro atoms. The van der Waals surface area contributed by atoms with Crippen LogP contribution in [-0.4, -0.2) is 63.0 Å². The van der Waals surface area contributed by atoms with E-state index in [2.05, 4.69) is 20.7 Å². The zero-order chi connectivity index (χ0) is 23.9. The molecule has 0 heterocycles. The molecular formula is C20H31N5O7. The Balaban J connectivity index is 2.43. The standard InChI is InChI=1S/C20H31N5O7/c1-13(2)17(25-20(29)31-10-9-30-8-7-21)18(27)23-11-16(26)24-15-5-3-14(4-6-15)12-32-19(22)28/h3-6,13,17H,7-12,21H2,1-2H3,(H2,22,28)(H,23,27)(H,24,26)(H,25,29). The van der Waals surface area contributed by atoms with Crippen molar-refractivity contribution in [2.24, 2.45) is 17.4 Å². The molecule has 1 aromatic carbocycles. The summed E-state index contributed by atoms with van der Waals surface area (Å²) in [4.78, 5) is 47.0. The molecule has 178 valence electrons. The molecule has 4 amide bonds. The maximum atomic E-state index is 12.4. The number of hydrogen-bond donors (Lipinski definition) is 5. The zero-order valence-electron chi connectivity index (χ0n) is 18.2. The second-order valence-corrected chi connectivity index (χ2v) is 6.97. The lowest BCUT2D eigenvalue weighted by atomic mass is 10.0. The first-order chi connectivity index (χ1) is 15.2. The maximum absolute atomic E-state index is 12.4. The average Bonchev–Trinajstić information content (AvgIpc) is 2.75. The number of rotatable bonds is 13. The summed E-state index contributed by atoms with van der Waals surface area (Å²) in [6, 6.07) is 5.66. The van der Waals surface area contributed by atoms with Gasteiger partial charge in [-0.3, -0.25) is 9.59 Å². The topological polar surface area (TPSA) is 184 Å². The van der Waals surface area contributed by atoms with Crippen LogP contribution < -0.4 is 27.4 Å². The van der Waals surface area contributed by atoms with Gasteiger partial charge in [0, 0.05) is 12.2 Å². The number of amides is 4. The molecule has 1 aromatic rings. The number of alkyl carbamates (subject to hydrolysis) is 1. The second-order valence-electron chi connectivity index (χ2n) is 6.97. The van der Waals surface area contributed by atoms with Crippen molar-refractivity contribution in [3.63, 3.8) is 0 Å². The summed E-state index contributed by atoms with van der Waals surface area (Å²) in [6.07, 6.45) is -1.64. The lowest BCUT2D eigenvalue weighted by Gasteiger charge is -2.21. The largest absolute Gasteiger partial charge is 0.447 e. The number of anilines is 1. The van der Waals surface area contributed by atoms with Crippen LogP contribution in [0.2, 0.25) is 0 Å². The van der Waals surface area contributed by atoms with Gasteiger partial charge in [-0.15, -0.1) is 0 Å². The van der Waals surface area contributed by atoms with Gasteiger partial charge in [0.2, 0.25) is 11.8 Å². The average molecular weight is 453 g/mol. The molecule has 0 aliphatic rings. The van der Waals surface area contributed by atoms with Crippen LogP contribution in [0.25, 0.3) is 0 Å². The lowest BCUT2D eigenvalue weighted by molar-refractivity contribution is -0.126. The Bertz CT molecular complexity index is 755. The first kappa shape index (κ1) is 26.7. The van der Waals surface area contributed by atoms with Gasteiger partial charge in [0.05, 0.1) is 19.8 Å². The Morgan fingerprint density at radius 1 is 1.00 bits per heavy atom. The van der Waals surface area contributed by atoms with Crippen molar-refractivity contribution in [2.45, 2.75) is 26.5 Å². The number of nitrogens with two attached hydrogens (primary N) is 2. The Morgan fingerprint density at radius 2 is 1.69 bits per heavy atom. The minimum absolute atomic E-state index is 0.0202. The van der Waals surface area contributed by atoms with Gasteiger partial charge in [-0.05, 0) is 23.6 Å². The maximum Gasteiger partial charge on any atom is 0.407 e. The quantitative estimate of drug-likeness (QED) is 0.260. The molecule has 0 radical (unpaired) electrons. The van der Waals surface area contributed by atoms with Crippen molar-refractivity contribution in [3.8, 4) is 0 Å². The molecule has 1 atom stereocenters. The third kappa shape index (κ3) is 11.1. The first-order valence-corrected chi connectivity index (χ1v) is 10.0. The predicted molar refractivity (Wildman–Crippen MR) is 115 cm³/mol. The minimum atomic E-state index is -0.884. The number of hydrogen-bond acceptors (Lipinski definition) is 8. The Hall–Kier alpha value is -3.38. The molecule has 12 heteroatoms. The van der Waals surface area contributed by atoms with Gasteiger partial charge in [0.1, 0.15) is 19.3 Å². The molecule has 32 heavy (non-hydrogen) atoms. The molecule has 0 fully saturated rings. The van der Waals surface area contributed by atoms with Gasteiger partial charge in [-0.1, -0.05) is 26.0 Å². The normalized spacial score (nSPS) is 11.4. The van der Waals surface area contributed by atoms with Crippen LogP contribution in [-0.2, 0) is 30.4 Å². The number of primary amides is 1. The molecule has 0 bridgehead atoms. The fourth-order valence-electron chi connectivity index (χ4n) is 2.40. The van der Waals surface area contributed by atoms with Crippen LogP contribution >= 0.6 is 0 Å². The summed E-state index contributed by atoms with van der Waals surface area (Å²) in [7, 11) is 0. The fraction of sp³-hybridized carbons (Fsp3) is 0.500. The summed E-state index contributed by atoms with van der Waals surface area (Å²) in [5.74, 6) is -1.22. The molecule has 0 saturated heterocycles. The summed E-state index contributed by atoms with van der Waals surface area (Å²) in [5, 5.41) is 7.59. The summed E-state index contributed by atoms with van der Waals surface area (Å²) in [5.41, 5.74) is 11.4. The fourth-order valence-corrected chi connectivity index (χ4v) is 2.40. The van der Waals surface area contributed by atoms with Crippen molar-refractivity contribution in [2.75, 3.05) is 38.2 Å². The molecule has 1 rings (SSSR count). The van der Waals surface area contributed by atoms with E-state index in [1.165, 1.54) is 0 Å². The van der Waals surface area contributed by atoms with Crippen LogP contribution in [0.15, 0.2) is 24.3 Å². The first-order valence-electron chi connectivity index (χ1n) is 10.0. The van der Waals surface area contributed by atoms with Crippen molar-refractivity contribution >= 4 is 29.7 Å². The molecule has 12 nitrogen and oxygen atoms in total. The number of nitrogens with one attached hydrogen (secondary N) is 3. The van der Waals surface area contributed by atoms with Gasteiger partial charge in [-0.2, -0.15) is 0 Å². The van der Waals surface area contributed by atoms with E-state index in [9.17, 15) is 19.2 Å². The van der Waals surface area contributed by atoms with Crippen LogP contribution in [0.1, 0.15) is 19.4 Å². The van der Waals surface area contributed by atoms with Crippen LogP contribution in [0, 0.1) is 5.92 Å². The number of ether oxygens (including phenoxy) is 3. The Kier molecular flexibility index (Phi) is 12.2. The SMILES string of the molecule is CC(C)C(NC(=O)OCCOCCN)C(=O)NCC(=O)Nc1ccc(COC(N)=O)cc1. The number of benzene rings is 1. The van der Waals surface area contributed by atoms with Crippen LogP contribution in [0.5, 0.6) is 0 Å². The minimum Gasteiger partial charge on any atom is -0.447 e. The highest BCUT2D eigenvalue weighted by molar-refractivity contribution is 5.95. The highest BCUT2D eigenvalue weighted by atomic mass is 16.6. The molecule has 0 saturated carbocycles. The number of carbonyl (C=O) groups excluding carboxylic acids is 4. The highest BCUT2D eigenvalue weighted by Crippen LogP contribution is 2.10. The van der Waals surface area contributed by atoms with E-state index in [-0.39, 0.29) is 32.3 Å². The summed E-state index contributed by atoms with van der Waals surface area (Å²) in [6.45, 7) is 4.17. The molecule has 0 aliphatic heterocycles. The van der Waals surface area contributed by atoms with Gasteiger partial charge >= 0.3 is 12.2 Å². The highest BCUT2D eigenvalue weighted by Gasteiger charge is 2.25. The van der Waals surface area contributed by atoms with Crippen LogP contribution in [0.4, 0.5) is 15.3 Å². The monoisotopic (exact) mass is 453 g/mol. The van der Waals surface area contributed by atoms with Crippen molar-refractivity contribution < 1.29 is 33.4 Å². The lowest BCUT2D eigenvalue weighted by Crippen LogP contribution is -2.51. The molecule has 0 aromatic heterocycles. The predicted octanol–water partition coefficient (Wildman–Crippen LogP) is 0.0627. The smallest absolute Gasteiger partial charge is 0.407 e. The van der Waals surface area contributed by atoms with Gasteiger partial charge in [-0.25, -0.2) is 9.59 Å². The van der Waals surface area contributed by atoms with Crippen LogP contribution in [0.3, 0.4) is 0 Å². The Labute approximate surface area is 186 Å². The molecular weight excluding hydrogens is 422 g/mol. The second kappa shape index (κ2) is 14.6. The van der Waals surface area contributed by atoms with E-state index in [1.807, 2.05) is 0 Å².